The molecule has 1 heterocycles. The molecule has 3 nitrogen and oxygen atoms in total. The van der Waals surface area contributed by atoms with Gasteiger partial charge in [-0.3, -0.25) is 0 Å². The summed E-state index contributed by atoms with van der Waals surface area (Å²) in [6.45, 7) is 17.2. The van der Waals surface area contributed by atoms with E-state index >= 15 is 0 Å². The Kier molecular flexibility index (Phi) is 6.39. The first-order chi connectivity index (χ1) is 14.1. The lowest BCUT2D eigenvalue weighted by atomic mass is 9.77. The molecule has 1 aliphatic heterocycles. The van der Waals surface area contributed by atoms with E-state index in [1.165, 1.54) is 5.56 Å². The predicted molar refractivity (Wildman–Crippen MR) is 134 cm³/mol. The van der Waals surface area contributed by atoms with E-state index < -0.39 is 16.6 Å². The van der Waals surface area contributed by atoms with Gasteiger partial charge in [-0.1, -0.05) is 45.7 Å². The molecule has 0 spiro atoms. The summed E-state index contributed by atoms with van der Waals surface area (Å²) in [5.41, 5.74) is 2.13. The Morgan fingerprint density at radius 1 is 1.06 bits per heavy atom. The van der Waals surface area contributed by atoms with Gasteiger partial charge in [0.15, 0.2) is 16.6 Å². The Bertz CT molecular complexity index is 855. The summed E-state index contributed by atoms with van der Waals surface area (Å²) in [6, 6.07) is 6.23. The molecule has 0 aromatic heterocycles. The quantitative estimate of drug-likeness (QED) is 0.374. The number of rotatable bonds is 7. The minimum atomic E-state index is -2.29. The van der Waals surface area contributed by atoms with E-state index in [4.69, 9.17) is 11.2 Å². The number of fused-ring (bicyclic) bond motifs is 3. The lowest BCUT2D eigenvalue weighted by Gasteiger charge is -2.40. The van der Waals surface area contributed by atoms with Crippen molar-refractivity contribution in [3.63, 3.8) is 0 Å². The second-order valence-electron chi connectivity index (χ2n) is 12.3. The Labute approximate surface area is 191 Å². The van der Waals surface area contributed by atoms with E-state index in [-0.39, 0.29) is 16.2 Å². The number of para-hydroxylation sites is 1. The molecule has 2 aliphatic rings. The standard InChI is InChI=1S/C26H42O3Si2/c1-10-18-12-11-13-21-23-20(14-15-25(2,3)30(6,7)27)19(16-22(23)29-24(18)21)17-26(4,5)31(8,9)28/h1,11-13,19-20,22-23,27-28H,14-17H2,2-9H3/t19-,20-,22-,23-/m0/s1. The van der Waals surface area contributed by atoms with Crippen LogP contribution in [-0.4, -0.2) is 32.3 Å². The lowest BCUT2D eigenvalue weighted by Crippen LogP contribution is -2.41. The van der Waals surface area contributed by atoms with Gasteiger partial charge in [-0.2, -0.15) is 0 Å². The first-order valence-electron chi connectivity index (χ1n) is 11.8. The zero-order valence-electron chi connectivity index (χ0n) is 20.7. The molecule has 31 heavy (non-hydrogen) atoms. The summed E-state index contributed by atoms with van der Waals surface area (Å²) < 4.78 is 6.48. The van der Waals surface area contributed by atoms with Gasteiger partial charge in [0.1, 0.15) is 11.9 Å². The van der Waals surface area contributed by atoms with Gasteiger partial charge < -0.3 is 14.3 Å². The third-order valence-electron chi connectivity index (χ3n) is 9.02. The van der Waals surface area contributed by atoms with E-state index in [1.807, 2.05) is 6.07 Å². The van der Waals surface area contributed by atoms with Crippen LogP contribution in [0.1, 0.15) is 70.4 Å². The summed E-state index contributed by atoms with van der Waals surface area (Å²) >= 11 is 0. The molecule has 0 unspecified atom stereocenters. The van der Waals surface area contributed by atoms with E-state index in [0.29, 0.717) is 17.8 Å². The van der Waals surface area contributed by atoms with Crippen LogP contribution in [0.15, 0.2) is 18.2 Å². The van der Waals surface area contributed by atoms with E-state index in [2.05, 4.69) is 71.9 Å². The van der Waals surface area contributed by atoms with Crippen LogP contribution < -0.4 is 4.74 Å². The highest BCUT2D eigenvalue weighted by Crippen LogP contribution is 2.59. The molecule has 1 aliphatic carbocycles. The van der Waals surface area contributed by atoms with Crippen molar-refractivity contribution in [1.82, 2.24) is 0 Å². The monoisotopic (exact) mass is 458 g/mol. The SMILES string of the molecule is C#Cc1cccc2c1O[C@H]1C[C@@H](CC(C)(C)[Si](C)(C)O)[C@H](CCC(C)(C)[Si](C)(C)O)[C@@H]21. The summed E-state index contributed by atoms with van der Waals surface area (Å²) in [5, 5.41) is -0.0995. The Morgan fingerprint density at radius 3 is 2.23 bits per heavy atom. The minimum Gasteiger partial charge on any atom is -0.488 e. The fourth-order valence-electron chi connectivity index (χ4n) is 5.34. The molecule has 1 fully saturated rings. The van der Waals surface area contributed by atoms with Gasteiger partial charge in [0.05, 0.1) is 5.56 Å². The molecule has 2 N–H and O–H groups in total. The van der Waals surface area contributed by atoms with Crippen LogP contribution in [0.25, 0.3) is 0 Å². The molecular weight excluding hydrogens is 416 g/mol. The molecule has 3 rings (SSSR count). The highest BCUT2D eigenvalue weighted by molar-refractivity contribution is 6.73. The van der Waals surface area contributed by atoms with Crippen LogP contribution >= 0.6 is 0 Å². The normalized spacial score (nSPS) is 26.2. The number of terminal acetylenes is 1. The van der Waals surface area contributed by atoms with Crippen LogP contribution in [0.3, 0.4) is 0 Å². The van der Waals surface area contributed by atoms with Gasteiger partial charge >= 0.3 is 0 Å². The second-order valence-corrected chi connectivity index (χ2v) is 21.3. The van der Waals surface area contributed by atoms with E-state index in [9.17, 15) is 9.59 Å². The van der Waals surface area contributed by atoms with Gasteiger partial charge in [0.25, 0.3) is 0 Å². The van der Waals surface area contributed by atoms with Crippen LogP contribution in [0.5, 0.6) is 5.75 Å². The van der Waals surface area contributed by atoms with Crippen molar-refractivity contribution in [3.8, 4) is 18.1 Å². The van der Waals surface area contributed by atoms with Gasteiger partial charge in [0, 0.05) is 11.5 Å². The maximum absolute atomic E-state index is 10.9. The second kappa shape index (κ2) is 8.06. The number of ether oxygens (including phenoxy) is 1. The van der Waals surface area contributed by atoms with Gasteiger partial charge in [-0.25, -0.2) is 0 Å². The fraction of sp³-hybridized carbons (Fsp3) is 0.692. The van der Waals surface area contributed by atoms with Crippen molar-refractivity contribution in [3.05, 3.63) is 29.3 Å². The minimum absolute atomic E-state index is 0.0426. The summed E-state index contributed by atoms with van der Waals surface area (Å²) in [6.07, 6.45) is 10.0. The Hall–Kier alpha value is -1.07. The lowest BCUT2D eigenvalue weighted by molar-refractivity contribution is 0.213. The van der Waals surface area contributed by atoms with Gasteiger partial charge in [0.2, 0.25) is 0 Å². The molecule has 5 heteroatoms. The highest BCUT2D eigenvalue weighted by Gasteiger charge is 2.53. The number of benzene rings is 1. The molecule has 172 valence electrons. The van der Waals surface area contributed by atoms with Gasteiger partial charge in [-0.15, -0.1) is 6.42 Å². The van der Waals surface area contributed by atoms with Gasteiger partial charge in [-0.05, 0) is 79.9 Å². The Morgan fingerprint density at radius 2 is 1.68 bits per heavy atom. The van der Waals surface area contributed by atoms with Crippen molar-refractivity contribution in [1.29, 1.82) is 0 Å². The maximum Gasteiger partial charge on any atom is 0.188 e. The first-order valence-corrected chi connectivity index (χ1v) is 17.7. The van der Waals surface area contributed by atoms with Crippen molar-refractivity contribution < 1.29 is 14.3 Å². The zero-order chi connectivity index (χ0) is 23.4. The van der Waals surface area contributed by atoms with Crippen LogP contribution in [0.2, 0.25) is 36.3 Å². The highest BCUT2D eigenvalue weighted by atomic mass is 28.4. The summed E-state index contributed by atoms with van der Waals surface area (Å²) in [5.74, 6) is 5.05. The average molecular weight is 459 g/mol. The van der Waals surface area contributed by atoms with Crippen LogP contribution in [-0.2, 0) is 0 Å². The molecule has 1 aromatic rings. The van der Waals surface area contributed by atoms with Crippen molar-refractivity contribution >= 4 is 16.6 Å². The maximum atomic E-state index is 10.9. The van der Waals surface area contributed by atoms with E-state index in [1.54, 1.807) is 0 Å². The zero-order valence-corrected chi connectivity index (χ0v) is 22.7. The molecule has 4 atom stereocenters. The molecule has 0 bridgehead atoms. The topological polar surface area (TPSA) is 49.7 Å². The van der Waals surface area contributed by atoms with Crippen molar-refractivity contribution in [2.45, 2.75) is 102 Å². The van der Waals surface area contributed by atoms with Crippen LogP contribution in [0, 0.1) is 24.2 Å². The third-order valence-corrected chi connectivity index (χ3v) is 16.1. The smallest absolute Gasteiger partial charge is 0.188 e. The number of hydrogen-bond donors (Lipinski definition) is 2. The predicted octanol–water partition coefficient (Wildman–Crippen LogP) is 6.27. The van der Waals surface area contributed by atoms with Crippen molar-refractivity contribution in [2.24, 2.45) is 11.8 Å². The first kappa shape index (κ1) is 24.6. The van der Waals surface area contributed by atoms with Crippen LogP contribution in [0.4, 0.5) is 0 Å². The largest absolute Gasteiger partial charge is 0.488 e. The fourth-order valence-corrected chi connectivity index (χ4v) is 6.86. The Balaban J connectivity index is 1.93. The molecule has 0 saturated heterocycles. The molecule has 0 amide bonds. The van der Waals surface area contributed by atoms with E-state index in [0.717, 1.165) is 37.0 Å². The molecule has 1 saturated carbocycles. The molecular formula is C26H42O3Si2. The average Bonchev–Trinajstić information content (AvgIpc) is 3.13. The number of hydrogen-bond acceptors (Lipinski definition) is 3. The summed E-state index contributed by atoms with van der Waals surface area (Å²) in [7, 11) is -4.56. The molecule has 1 aromatic carbocycles. The van der Waals surface area contributed by atoms with Crippen molar-refractivity contribution in [2.75, 3.05) is 0 Å². The molecule has 0 radical (unpaired) electrons. The summed E-state index contributed by atoms with van der Waals surface area (Å²) in [4.78, 5) is 21.8. The third kappa shape index (κ3) is 4.55.